The van der Waals surface area contributed by atoms with Gasteiger partial charge in [-0.05, 0) is 42.2 Å². The van der Waals surface area contributed by atoms with Gasteiger partial charge in [-0.15, -0.1) is 0 Å². The van der Waals surface area contributed by atoms with Crippen LogP contribution in [0, 0.1) is 0 Å². The van der Waals surface area contributed by atoms with Gasteiger partial charge in [0.1, 0.15) is 5.75 Å². The van der Waals surface area contributed by atoms with Crippen molar-refractivity contribution in [2.24, 2.45) is 0 Å². The molecular formula is C19H23ClN2O2. The molecule has 0 bridgehead atoms. The molecule has 0 radical (unpaired) electrons. The second kappa shape index (κ2) is 8.60. The van der Waals surface area contributed by atoms with Gasteiger partial charge in [0.25, 0.3) is 0 Å². The predicted molar refractivity (Wildman–Crippen MR) is 97.4 cm³/mol. The van der Waals surface area contributed by atoms with Crippen LogP contribution in [0.2, 0.25) is 5.02 Å². The Morgan fingerprint density at radius 3 is 2.58 bits per heavy atom. The van der Waals surface area contributed by atoms with E-state index in [-0.39, 0.29) is 6.03 Å². The summed E-state index contributed by atoms with van der Waals surface area (Å²) >= 11 is 5.93. The van der Waals surface area contributed by atoms with E-state index in [4.69, 9.17) is 16.3 Å². The number of hydrogen-bond donors (Lipinski definition) is 2. The van der Waals surface area contributed by atoms with Gasteiger partial charge in [0, 0.05) is 11.6 Å². The van der Waals surface area contributed by atoms with E-state index < -0.39 is 6.23 Å². The van der Waals surface area contributed by atoms with E-state index in [1.807, 2.05) is 42.5 Å². The SMILES string of the molecule is CC(NC(=O)NCc1cccc(Cl)c1)Oc1ccccc1C(C)C. The first-order valence-electron chi connectivity index (χ1n) is 8.00. The number of rotatable bonds is 6. The number of nitrogens with one attached hydrogen (secondary N) is 2. The van der Waals surface area contributed by atoms with E-state index in [2.05, 4.69) is 24.5 Å². The number of benzene rings is 2. The van der Waals surface area contributed by atoms with E-state index in [0.717, 1.165) is 16.9 Å². The Balaban J connectivity index is 1.86. The minimum absolute atomic E-state index is 0.287. The van der Waals surface area contributed by atoms with Crippen molar-refractivity contribution in [2.75, 3.05) is 0 Å². The Bertz CT molecular complexity index is 689. The molecule has 0 spiro atoms. The van der Waals surface area contributed by atoms with E-state index in [1.165, 1.54) is 0 Å². The molecule has 2 aromatic rings. The molecule has 128 valence electrons. The highest BCUT2D eigenvalue weighted by Gasteiger charge is 2.12. The summed E-state index contributed by atoms with van der Waals surface area (Å²) in [4.78, 5) is 12.0. The standard InChI is InChI=1S/C19H23ClN2O2/c1-13(2)17-9-4-5-10-18(17)24-14(3)22-19(23)21-12-15-7-6-8-16(20)11-15/h4-11,13-14H,12H2,1-3H3,(H2,21,22,23). The Morgan fingerprint density at radius 1 is 1.12 bits per heavy atom. The highest BCUT2D eigenvalue weighted by atomic mass is 35.5. The zero-order chi connectivity index (χ0) is 17.5. The van der Waals surface area contributed by atoms with Gasteiger partial charge in [0.05, 0.1) is 0 Å². The molecule has 0 aliphatic carbocycles. The van der Waals surface area contributed by atoms with Crippen LogP contribution in [0.1, 0.15) is 37.8 Å². The van der Waals surface area contributed by atoms with Crippen molar-refractivity contribution in [3.8, 4) is 5.75 Å². The number of amides is 2. The summed E-state index contributed by atoms with van der Waals surface area (Å²) in [5.41, 5.74) is 2.06. The van der Waals surface area contributed by atoms with Crippen molar-refractivity contribution in [2.45, 2.75) is 39.5 Å². The average molecular weight is 347 g/mol. The van der Waals surface area contributed by atoms with Gasteiger partial charge in [-0.25, -0.2) is 4.79 Å². The molecule has 0 fully saturated rings. The summed E-state index contributed by atoms with van der Waals surface area (Å²) in [5.74, 6) is 1.14. The first-order valence-corrected chi connectivity index (χ1v) is 8.38. The highest BCUT2D eigenvalue weighted by Crippen LogP contribution is 2.26. The number of hydrogen-bond acceptors (Lipinski definition) is 2. The van der Waals surface area contributed by atoms with Crippen LogP contribution >= 0.6 is 11.6 Å². The molecule has 0 saturated heterocycles. The molecule has 0 aliphatic heterocycles. The monoisotopic (exact) mass is 346 g/mol. The molecule has 2 N–H and O–H groups in total. The van der Waals surface area contributed by atoms with E-state index >= 15 is 0 Å². The van der Waals surface area contributed by atoms with Crippen molar-refractivity contribution in [3.63, 3.8) is 0 Å². The molecule has 2 aromatic carbocycles. The molecule has 2 amide bonds. The maximum absolute atomic E-state index is 12.0. The zero-order valence-electron chi connectivity index (χ0n) is 14.2. The van der Waals surface area contributed by atoms with Gasteiger partial charge >= 0.3 is 6.03 Å². The third kappa shape index (κ3) is 5.46. The van der Waals surface area contributed by atoms with Crippen LogP contribution in [-0.4, -0.2) is 12.3 Å². The van der Waals surface area contributed by atoms with E-state index in [0.29, 0.717) is 17.5 Å². The molecule has 0 aromatic heterocycles. The van der Waals surface area contributed by atoms with Gasteiger partial charge in [-0.3, -0.25) is 0 Å². The molecule has 4 nitrogen and oxygen atoms in total. The number of para-hydroxylation sites is 1. The van der Waals surface area contributed by atoms with Gasteiger partial charge in [-0.1, -0.05) is 55.8 Å². The number of halogens is 1. The van der Waals surface area contributed by atoms with Gasteiger partial charge in [0.15, 0.2) is 6.23 Å². The van der Waals surface area contributed by atoms with Crippen LogP contribution < -0.4 is 15.4 Å². The predicted octanol–water partition coefficient (Wildman–Crippen LogP) is 4.69. The lowest BCUT2D eigenvalue weighted by atomic mass is 10.0. The highest BCUT2D eigenvalue weighted by molar-refractivity contribution is 6.30. The summed E-state index contributed by atoms with van der Waals surface area (Å²) < 4.78 is 5.86. The average Bonchev–Trinajstić information content (AvgIpc) is 2.53. The van der Waals surface area contributed by atoms with Crippen LogP contribution in [0.3, 0.4) is 0 Å². The summed E-state index contributed by atoms with van der Waals surface area (Å²) in [5, 5.41) is 6.22. The summed E-state index contributed by atoms with van der Waals surface area (Å²) in [7, 11) is 0. The number of carbonyl (C=O) groups is 1. The second-order valence-corrected chi connectivity index (χ2v) is 6.35. The van der Waals surface area contributed by atoms with Gasteiger partial charge < -0.3 is 15.4 Å². The quantitative estimate of drug-likeness (QED) is 0.745. The minimum atomic E-state index is -0.440. The first-order chi connectivity index (χ1) is 11.5. The minimum Gasteiger partial charge on any atom is -0.471 e. The van der Waals surface area contributed by atoms with Gasteiger partial charge in [0.2, 0.25) is 0 Å². The third-order valence-electron chi connectivity index (χ3n) is 3.52. The topological polar surface area (TPSA) is 50.4 Å². The molecule has 0 heterocycles. The molecule has 2 rings (SSSR count). The van der Waals surface area contributed by atoms with E-state index in [1.54, 1.807) is 13.0 Å². The van der Waals surface area contributed by atoms with Crippen molar-refractivity contribution >= 4 is 17.6 Å². The van der Waals surface area contributed by atoms with Crippen molar-refractivity contribution in [1.82, 2.24) is 10.6 Å². The maximum atomic E-state index is 12.0. The summed E-state index contributed by atoms with van der Waals surface area (Å²) in [6.07, 6.45) is -0.440. The Morgan fingerprint density at radius 2 is 1.88 bits per heavy atom. The normalized spacial score (nSPS) is 11.9. The number of carbonyl (C=O) groups excluding carboxylic acids is 1. The molecule has 24 heavy (non-hydrogen) atoms. The van der Waals surface area contributed by atoms with Crippen molar-refractivity contribution < 1.29 is 9.53 Å². The Kier molecular flexibility index (Phi) is 6.50. The lowest BCUT2D eigenvalue weighted by Gasteiger charge is -2.20. The summed E-state index contributed by atoms with van der Waals surface area (Å²) in [6.45, 7) is 6.42. The fraction of sp³-hybridized carbons (Fsp3) is 0.316. The maximum Gasteiger partial charge on any atom is 0.317 e. The summed E-state index contributed by atoms with van der Waals surface area (Å²) in [6, 6.07) is 14.9. The molecule has 0 saturated carbocycles. The molecule has 0 aliphatic rings. The van der Waals surface area contributed by atoms with Crippen molar-refractivity contribution in [1.29, 1.82) is 0 Å². The Labute approximate surface area is 148 Å². The first kappa shape index (κ1) is 18.1. The number of urea groups is 1. The smallest absolute Gasteiger partial charge is 0.317 e. The van der Waals surface area contributed by atoms with Crippen LogP contribution in [0.5, 0.6) is 5.75 Å². The Hall–Kier alpha value is -2.20. The number of ether oxygens (including phenoxy) is 1. The second-order valence-electron chi connectivity index (χ2n) is 5.91. The van der Waals surface area contributed by atoms with Crippen LogP contribution in [0.15, 0.2) is 48.5 Å². The van der Waals surface area contributed by atoms with Crippen LogP contribution in [0.25, 0.3) is 0 Å². The lowest BCUT2D eigenvalue weighted by Crippen LogP contribution is -2.43. The van der Waals surface area contributed by atoms with Gasteiger partial charge in [-0.2, -0.15) is 0 Å². The lowest BCUT2D eigenvalue weighted by molar-refractivity contribution is 0.175. The van der Waals surface area contributed by atoms with E-state index in [9.17, 15) is 4.79 Å². The molecule has 1 atom stereocenters. The van der Waals surface area contributed by atoms with Crippen molar-refractivity contribution in [3.05, 3.63) is 64.7 Å². The van der Waals surface area contributed by atoms with Crippen LogP contribution in [-0.2, 0) is 6.54 Å². The molecular weight excluding hydrogens is 324 g/mol. The fourth-order valence-corrected chi connectivity index (χ4v) is 2.56. The zero-order valence-corrected chi connectivity index (χ0v) is 14.9. The molecule has 1 unspecified atom stereocenters. The largest absolute Gasteiger partial charge is 0.471 e. The fourth-order valence-electron chi connectivity index (χ4n) is 2.35. The third-order valence-corrected chi connectivity index (χ3v) is 3.76. The van der Waals surface area contributed by atoms with Crippen LogP contribution in [0.4, 0.5) is 4.79 Å². The molecule has 5 heteroatoms.